The van der Waals surface area contributed by atoms with Crippen molar-refractivity contribution in [3.63, 3.8) is 0 Å². The van der Waals surface area contributed by atoms with Crippen LogP contribution >= 0.6 is 0 Å². The molecule has 0 bridgehead atoms. The third-order valence-electron chi connectivity index (χ3n) is 4.93. The number of nitrogens with one attached hydrogen (secondary N) is 1. The molecule has 0 saturated carbocycles. The Morgan fingerprint density at radius 2 is 1.86 bits per heavy atom. The summed E-state index contributed by atoms with van der Waals surface area (Å²) in [6.07, 6.45) is 3.34. The minimum absolute atomic E-state index is 0.122. The lowest BCUT2D eigenvalue weighted by molar-refractivity contribution is 0.242. The van der Waals surface area contributed by atoms with Gasteiger partial charge in [-0.2, -0.15) is 0 Å². The van der Waals surface area contributed by atoms with Gasteiger partial charge in [-0.15, -0.1) is 0 Å². The van der Waals surface area contributed by atoms with Crippen molar-refractivity contribution < 1.29 is 4.74 Å². The van der Waals surface area contributed by atoms with Gasteiger partial charge < -0.3 is 15.8 Å². The highest BCUT2D eigenvalue weighted by Gasteiger charge is 2.20. The van der Waals surface area contributed by atoms with Crippen molar-refractivity contribution in [1.82, 2.24) is 9.97 Å². The summed E-state index contributed by atoms with van der Waals surface area (Å²) in [7, 11) is 0. The number of benzene rings is 2. The molecule has 0 saturated heterocycles. The Bertz CT molecular complexity index is 953. The van der Waals surface area contributed by atoms with Crippen molar-refractivity contribution in [3.8, 4) is 17.0 Å². The van der Waals surface area contributed by atoms with Crippen LogP contribution in [-0.4, -0.2) is 16.1 Å². The maximum atomic E-state index is 6.06. The molecule has 0 fully saturated rings. The molecule has 5 nitrogen and oxygen atoms in total. The van der Waals surface area contributed by atoms with E-state index >= 15 is 0 Å². The fourth-order valence-corrected chi connectivity index (χ4v) is 3.65. The number of aromatic nitrogens is 2. The number of ether oxygens (including phenoxy) is 1. The first-order valence-corrected chi connectivity index (χ1v) is 9.84. The molecule has 0 aliphatic carbocycles. The Labute approximate surface area is 166 Å². The van der Waals surface area contributed by atoms with Crippen LogP contribution in [0.2, 0.25) is 0 Å². The standard InChI is InChI=1S/C23H26N4O/c1-15(2)28-18-12-10-17(11-13-18)21-14-22(27-23(24)26-21)20-9-5-7-16-6-3-4-8-19(16)25-20/h3-4,6,8,10-15,20,25H,5,7,9H2,1-2H3,(H2,24,26,27). The molecular weight excluding hydrogens is 348 g/mol. The van der Waals surface area contributed by atoms with Gasteiger partial charge in [-0.05, 0) is 75.1 Å². The van der Waals surface area contributed by atoms with E-state index < -0.39 is 0 Å². The first-order valence-electron chi connectivity index (χ1n) is 9.84. The topological polar surface area (TPSA) is 73.1 Å². The van der Waals surface area contributed by atoms with Crippen molar-refractivity contribution in [3.05, 3.63) is 65.9 Å². The van der Waals surface area contributed by atoms with Crippen molar-refractivity contribution >= 4 is 11.6 Å². The van der Waals surface area contributed by atoms with Gasteiger partial charge in [0.2, 0.25) is 5.95 Å². The number of fused-ring (bicyclic) bond motifs is 1. The van der Waals surface area contributed by atoms with Crippen LogP contribution in [0.3, 0.4) is 0 Å². The van der Waals surface area contributed by atoms with E-state index in [0.717, 1.165) is 42.0 Å². The van der Waals surface area contributed by atoms with Crippen molar-refractivity contribution in [1.29, 1.82) is 0 Å². The van der Waals surface area contributed by atoms with E-state index in [1.54, 1.807) is 0 Å². The Morgan fingerprint density at radius 1 is 1.07 bits per heavy atom. The molecule has 1 unspecified atom stereocenters. The maximum Gasteiger partial charge on any atom is 0.220 e. The van der Waals surface area contributed by atoms with Gasteiger partial charge in [0.15, 0.2) is 0 Å². The summed E-state index contributed by atoms with van der Waals surface area (Å²) in [6.45, 7) is 4.03. The molecule has 5 heteroatoms. The molecule has 28 heavy (non-hydrogen) atoms. The zero-order valence-corrected chi connectivity index (χ0v) is 16.4. The van der Waals surface area contributed by atoms with Gasteiger partial charge in [-0.25, -0.2) is 9.97 Å². The van der Waals surface area contributed by atoms with E-state index in [0.29, 0.717) is 5.95 Å². The Morgan fingerprint density at radius 3 is 2.64 bits per heavy atom. The number of hydrogen-bond donors (Lipinski definition) is 2. The van der Waals surface area contributed by atoms with Gasteiger partial charge in [0.1, 0.15) is 5.75 Å². The third kappa shape index (κ3) is 4.09. The van der Waals surface area contributed by atoms with Gasteiger partial charge in [0, 0.05) is 11.3 Å². The number of anilines is 2. The quantitative estimate of drug-likeness (QED) is 0.672. The van der Waals surface area contributed by atoms with E-state index in [-0.39, 0.29) is 12.1 Å². The molecule has 1 atom stereocenters. The number of nitrogens with two attached hydrogens (primary N) is 1. The number of hydrogen-bond acceptors (Lipinski definition) is 5. The zero-order valence-electron chi connectivity index (χ0n) is 16.4. The highest BCUT2D eigenvalue weighted by atomic mass is 16.5. The van der Waals surface area contributed by atoms with Crippen LogP contribution in [0.4, 0.5) is 11.6 Å². The molecule has 4 rings (SSSR count). The minimum atomic E-state index is 0.122. The fraction of sp³-hybridized carbons (Fsp3) is 0.304. The second-order valence-corrected chi connectivity index (χ2v) is 7.47. The smallest absolute Gasteiger partial charge is 0.220 e. The average Bonchev–Trinajstić information content (AvgIpc) is 2.90. The second-order valence-electron chi connectivity index (χ2n) is 7.47. The van der Waals surface area contributed by atoms with Crippen LogP contribution in [0.15, 0.2) is 54.6 Å². The maximum absolute atomic E-state index is 6.06. The van der Waals surface area contributed by atoms with Crippen molar-refractivity contribution in [2.24, 2.45) is 0 Å². The van der Waals surface area contributed by atoms with Crippen LogP contribution in [-0.2, 0) is 6.42 Å². The molecule has 3 aromatic rings. The molecule has 2 heterocycles. The van der Waals surface area contributed by atoms with E-state index in [1.165, 1.54) is 11.3 Å². The number of para-hydroxylation sites is 1. The molecule has 0 radical (unpaired) electrons. The first-order chi connectivity index (χ1) is 13.6. The summed E-state index contributed by atoms with van der Waals surface area (Å²) in [4.78, 5) is 8.99. The summed E-state index contributed by atoms with van der Waals surface area (Å²) < 4.78 is 5.73. The highest BCUT2D eigenvalue weighted by Crippen LogP contribution is 2.32. The Balaban J connectivity index is 1.62. The number of nitrogen functional groups attached to an aromatic ring is 1. The van der Waals surface area contributed by atoms with Crippen LogP contribution in [0.25, 0.3) is 11.3 Å². The molecule has 3 N–H and O–H groups in total. The predicted molar refractivity (Wildman–Crippen MR) is 113 cm³/mol. The van der Waals surface area contributed by atoms with Crippen molar-refractivity contribution in [2.75, 3.05) is 11.1 Å². The largest absolute Gasteiger partial charge is 0.491 e. The number of nitrogens with zero attached hydrogens (tertiary/aromatic N) is 2. The lowest BCUT2D eigenvalue weighted by atomic mass is 10.0. The van der Waals surface area contributed by atoms with Crippen LogP contribution in [0, 0.1) is 0 Å². The number of aryl methyl sites for hydroxylation is 1. The van der Waals surface area contributed by atoms with Gasteiger partial charge in [-0.3, -0.25) is 0 Å². The monoisotopic (exact) mass is 374 g/mol. The minimum Gasteiger partial charge on any atom is -0.491 e. The van der Waals surface area contributed by atoms with E-state index in [9.17, 15) is 0 Å². The van der Waals surface area contributed by atoms with E-state index in [1.807, 2.05) is 44.2 Å². The van der Waals surface area contributed by atoms with Gasteiger partial charge in [0.05, 0.1) is 23.5 Å². The van der Waals surface area contributed by atoms with Gasteiger partial charge in [0.25, 0.3) is 0 Å². The molecule has 144 valence electrons. The first kappa shape index (κ1) is 18.3. The SMILES string of the molecule is CC(C)Oc1ccc(-c2cc(C3CCCc4ccccc4N3)nc(N)n2)cc1. The molecule has 0 spiro atoms. The number of rotatable bonds is 4. The lowest BCUT2D eigenvalue weighted by Crippen LogP contribution is -2.13. The second kappa shape index (κ2) is 7.89. The predicted octanol–water partition coefficient (Wildman–Crippen LogP) is 5.00. The average molecular weight is 374 g/mol. The molecule has 0 amide bonds. The molecule has 2 aromatic carbocycles. The van der Waals surface area contributed by atoms with E-state index in [4.69, 9.17) is 10.5 Å². The Kier molecular flexibility index (Phi) is 5.15. The lowest BCUT2D eigenvalue weighted by Gasteiger charge is -2.19. The Hall–Kier alpha value is -3.08. The van der Waals surface area contributed by atoms with Gasteiger partial charge >= 0.3 is 0 Å². The summed E-state index contributed by atoms with van der Waals surface area (Å²) >= 11 is 0. The summed E-state index contributed by atoms with van der Waals surface area (Å²) in [6, 6.07) is 18.6. The third-order valence-corrected chi connectivity index (χ3v) is 4.93. The highest BCUT2D eigenvalue weighted by molar-refractivity contribution is 5.62. The molecule has 1 aromatic heterocycles. The summed E-state index contributed by atoms with van der Waals surface area (Å²) in [5.74, 6) is 1.15. The van der Waals surface area contributed by atoms with E-state index in [2.05, 4.69) is 39.6 Å². The van der Waals surface area contributed by atoms with Crippen LogP contribution in [0.1, 0.15) is 44.0 Å². The molecular formula is C23H26N4O. The normalized spacial score (nSPS) is 16.2. The summed E-state index contributed by atoms with van der Waals surface area (Å²) in [5.41, 5.74) is 11.4. The van der Waals surface area contributed by atoms with Crippen LogP contribution < -0.4 is 15.8 Å². The molecule has 1 aliphatic heterocycles. The van der Waals surface area contributed by atoms with Crippen LogP contribution in [0.5, 0.6) is 5.75 Å². The summed E-state index contributed by atoms with van der Waals surface area (Å²) in [5, 5.41) is 3.65. The van der Waals surface area contributed by atoms with Gasteiger partial charge in [-0.1, -0.05) is 18.2 Å². The molecule has 1 aliphatic rings. The fourth-order valence-electron chi connectivity index (χ4n) is 3.65. The zero-order chi connectivity index (χ0) is 19.5. The van der Waals surface area contributed by atoms with Crippen molar-refractivity contribution in [2.45, 2.75) is 45.3 Å².